The van der Waals surface area contributed by atoms with Crippen LogP contribution in [0.25, 0.3) is 0 Å². The Morgan fingerprint density at radius 2 is 1.62 bits per heavy atom. The summed E-state index contributed by atoms with van der Waals surface area (Å²) in [5, 5.41) is 20.7. The van der Waals surface area contributed by atoms with E-state index >= 15 is 0 Å². The summed E-state index contributed by atoms with van der Waals surface area (Å²) in [7, 11) is 0. The molecular formula is C17H29F5N2O5. The molecule has 2 heterocycles. The van der Waals surface area contributed by atoms with Crippen LogP contribution in [0.5, 0.6) is 0 Å². The minimum atomic E-state index is -4.64. The normalized spacial score (nSPS) is 27.6. The van der Waals surface area contributed by atoms with Gasteiger partial charge in [-0.1, -0.05) is 0 Å². The summed E-state index contributed by atoms with van der Waals surface area (Å²) in [6.45, 7) is 6.58. The predicted molar refractivity (Wildman–Crippen MR) is 93.8 cm³/mol. The van der Waals surface area contributed by atoms with E-state index in [1.54, 1.807) is 20.8 Å². The summed E-state index contributed by atoms with van der Waals surface area (Å²) in [5.74, 6) is 0. The van der Waals surface area contributed by atoms with Gasteiger partial charge in [0.15, 0.2) is 0 Å². The lowest BCUT2D eigenvalue weighted by molar-refractivity contribution is -0.156. The van der Waals surface area contributed by atoms with Crippen molar-refractivity contribution < 1.29 is 46.5 Å². The molecule has 2 rings (SSSR count). The Balaban J connectivity index is 0.000000468. The van der Waals surface area contributed by atoms with Crippen molar-refractivity contribution >= 4 is 12.4 Å². The number of carbonyl (C=O) groups excluding carboxylic acids is 2. The van der Waals surface area contributed by atoms with Crippen LogP contribution in [0.3, 0.4) is 0 Å². The van der Waals surface area contributed by atoms with Gasteiger partial charge in [-0.2, -0.15) is 13.2 Å². The van der Waals surface area contributed by atoms with Crippen molar-refractivity contribution in [2.24, 2.45) is 0 Å². The molecule has 4 unspecified atom stereocenters. The van der Waals surface area contributed by atoms with Crippen LogP contribution in [-0.2, 0) is 9.53 Å². The number of hydrogen-bond donors (Lipinski definition) is 3. The van der Waals surface area contributed by atoms with Crippen LogP contribution in [-0.4, -0.2) is 90.0 Å². The SMILES string of the molecule is CC(C)(C)OC(=O)N1CCC(O)C(F)C1.O=CC(F)(F)F.OC1CCNCC1F. The fourth-order valence-electron chi connectivity index (χ4n) is 2.19. The Hall–Kier alpha value is -1.53. The van der Waals surface area contributed by atoms with E-state index in [4.69, 9.17) is 19.7 Å². The van der Waals surface area contributed by atoms with Crippen molar-refractivity contribution in [1.29, 1.82) is 0 Å². The number of likely N-dealkylation sites (tertiary alicyclic amines) is 1. The van der Waals surface area contributed by atoms with Gasteiger partial charge in [-0.25, -0.2) is 13.6 Å². The topological polar surface area (TPSA) is 99.1 Å². The lowest BCUT2D eigenvalue weighted by Crippen LogP contribution is -2.48. The first-order valence-electron chi connectivity index (χ1n) is 9.02. The third-order valence-corrected chi connectivity index (χ3v) is 3.67. The van der Waals surface area contributed by atoms with E-state index in [0.29, 0.717) is 19.5 Å². The minimum absolute atomic E-state index is 0.0872. The summed E-state index contributed by atoms with van der Waals surface area (Å²) in [6.07, 6.45) is -9.51. The molecule has 3 N–H and O–H groups in total. The number of nitrogens with zero attached hydrogens (tertiary/aromatic N) is 1. The van der Waals surface area contributed by atoms with Gasteiger partial charge >= 0.3 is 12.3 Å². The summed E-state index contributed by atoms with van der Waals surface area (Å²) >= 11 is 0. The minimum Gasteiger partial charge on any atom is -0.444 e. The fourth-order valence-corrected chi connectivity index (χ4v) is 2.19. The van der Waals surface area contributed by atoms with Crippen LogP contribution < -0.4 is 5.32 Å². The van der Waals surface area contributed by atoms with Crippen molar-refractivity contribution in [3.05, 3.63) is 0 Å². The highest BCUT2D eigenvalue weighted by Crippen LogP contribution is 2.17. The van der Waals surface area contributed by atoms with Gasteiger partial charge in [0, 0.05) is 13.1 Å². The first-order chi connectivity index (χ1) is 13.2. The van der Waals surface area contributed by atoms with E-state index in [-0.39, 0.29) is 13.0 Å². The predicted octanol–water partition coefficient (Wildman–Crippen LogP) is 1.75. The number of carbonyl (C=O) groups is 2. The van der Waals surface area contributed by atoms with Crippen LogP contribution >= 0.6 is 0 Å². The lowest BCUT2D eigenvalue weighted by Gasteiger charge is -2.33. The second-order valence-corrected chi connectivity index (χ2v) is 7.53. The van der Waals surface area contributed by atoms with Gasteiger partial charge in [0.1, 0.15) is 17.9 Å². The maximum Gasteiger partial charge on any atom is 0.446 e. The van der Waals surface area contributed by atoms with E-state index in [1.807, 2.05) is 0 Å². The number of rotatable bonds is 0. The van der Waals surface area contributed by atoms with Gasteiger partial charge in [-0.05, 0) is 40.2 Å². The molecule has 7 nitrogen and oxygen atoms in total. The molecule has 0 bridgehead atoms. The molecule has 29 heavy (non-hydrogen) atoms. The molecule has 0 aromatic carbocycles. The van der Waals surface area contributed by atoms with Crippen LogP contribution in [0, 0.1) is 0 Å². The third kappa shape index (κ3) is 13.3. The quantitative estimate of drug-likeness (QED) is 0.395. The second-order valence-electron chi connectivity index (χ2n) is 7.53. The molecule has 0 aromatic rings. The maximum absolute atomic E-state index is 13.1. The number of alkyl halides is 5. The van der Waals surface area contributed by atoms with Crippen molar-refractivity contribution in [2.45, 2.75) is 69.9 Å². The Kier molecular flexibility index (Phi) is 11.6. The van der Waals surface area contributed by atoms with Gasteiger partial charge in [0.05, 0.1) is 18.8 Å². The molecule has 0 spiro atoms. The molecular weight excluding hydrogens is 407 g/mol. The molecule has 172 valence electrons. The average Bonchev–Trinajstić information content (AvgIpc) is 2.59. The number of amides is 1. The van der Waals surface area contributed by atoms with Crippen LogP contribution in [0.1, 0.15) is 33.6 Å². The fraction of sp³-hybridized carbons (Fsp3) is 0.882. The van der Waals surface area contributed by atoms with Crippen molar-refractivity contribution in [2.75, 3.05) is 26.2 Å². The van der Waals surface area contributed by atoms with Gasteiger partial charge < -0.3 is 25.2 Å². The number of nitrogens with one attached hydrogen (secondary N) is 1. The summed E-state index contributed by atoms with van der Waals surface area (Å²) < 4.78 is 61.7. The maximum atomic E-state index is 13.1. The Morgan fingerprint density at radius 3 is 1.97 bits per heavy atom. The first-order valence-corrected chi connectivity index (χ1v) is 9.02. The van der Waals surface area contributed by atoms with Gasteiger partial charge in [-0.15, -0.1) is 0 Å². The number of aliphatic hydroxyl groups is 2. The molecule has 2 aliphatic rings. The van der Waals surface area contributed by atoms with Crippen LogP contribution in [0.4, 0.5) is 26.7 Å². The largest absolute Gasteiger partial charge is 0.446 e. The number of halogens is 5. The van der Waals surface area contributed by atoms with E-state index in [9.17, 15) is 26.7 Å². The van der Waals surface area contributed by atoms with Crippen LogP contribution in [0.15, 0.2) is 0 Å². The Morgan fingerprint density at radius 1 is 1.10 bits per heavy atom. The molecule has 2 fully saturated rings. The number of aldehydes is 1. The molecule has 2 saturated heterocycles. The van der Waals surface area contributed by atoms with Gasteiger partial charge in [0.2, 0.25) is 6.29 Å². The zero-order chi connectivity index (χ0) is 22.8. The van der Waals surface area contributed by atoms with E-state index < -0.39 is 48.7 Å². The molecule has 2 aliphatic heterocycles. The number of piperidine rings is 2. The molecule has 0 aromatic heterocycles. The van der Waals surface area contributed by atoms with Crippen molar-refractivity contribution in [3.8, 4) is 0 Å². The zero-order valence-electron chi connectivity index (χ0n) is 16.6. The monoisotopic (exact) mass is 436 g/mol. The first kappa shape index (κ1) is 27.5. The molecule has 0 aliphatic carbocycles. The second kappa shape index (κ2) is 12.2. The van der Waals surface area contributed by atoms with E-state index in [2.05, 4.69) is 5.32 Å². The highest BCUT2D eigenvalue weighted by molar-refractivity contribution is 5.68. The molecule has 12 heteroatoms. The number of aliphatic hydroxyl groups excluding tert-OH is 2. The van der Waals surface area contributed by atoms with E-state index in [0.717, 1.165) is 6.54 Å². The average molecular weight is 436 g/mol. The smallest absolute Gasteiger partial charge is 0.444 e. The van der Waals surface area contributed by atoms with Crippen molar-refractivity contribution in [3.63, 3.8) is 0 Å². The van der Waals surface area contributed by atoms with Crippen LogP contribution in [0.2, 0.25) is 0 Å². The standard InChI is InChI=1S/C10H18FNO3.C5H10FNO.C2HF3O/c1-10(2,3)15-9(14)12-5-4-8(13)7(11)6-12;6-4-3-7-2-1-5(4)8;3-2(4,5)1-6/h7-8,13H,4-6H2,1-3H3;4-5,7-8H,1-3H2;1H. The summed E-state index contributed by atoms with van der Waals surface area (Å²) in [5.41, 5.74) is -0.570. The summed E-state index contributed by atoms with van der Waals surface area (Å²) in [4.78, 5) is 21.5. The highest BCUT2D eigenvalue weighted by Gasteiger charge is 2.32. The molecule has 0 radical (unpaired) electrons. The zero-order valence-corrected chi connectivity index (χ0v) is 16.6. The Bertz CT molecular complexity index is 492. The highest BCUT2D eigenvalue weighted by atomic mass is 19.4. The Labute approximate surface area is 166 Å². The van der Waals surface area contributed by atoms with Crippen molar-refractivity contribution in [1.82, 2.24) is 10.2 Å². The molecule has 1 amide bonds. The van der Waals surface area contributed by atoms with Gasteiger partial charge in [-0.3, -0.25) is 4.79 Å². The molecule has 4 atom stereocenters. The van der Waals surface area contributed by atoms with E-state index in [1.165, 1.54) is 4.90 Å². The lowest BCUT2D eigenvalue weighted by atomic mass is 10.1. The van der Waals surface area contributed by atoms with Gasteiger partial charge in [0.25, 0.3) is 0 Å². The third-order valence-electron chi connectivity index (χ3n) is 3.67. The molecule has 0 saturated carbocycles. The summed E-state index contributed by atoms with van der Waals surface area (Å²) in [6, 6.07) is 0. The number of ether oxygens (including phenoxy) is 1. The number of hydrogen-bond acceptors (Lipinski definition) is 6.